The van der Waals surface area contributed by atoms with E-state index in [9.17, 15) is 17.6 Å². The van der Waals surface area contributed by atoms with Gasteiger partial charge in [-0.3, -0.25) is 9.69 Å². The monoisotopic (exact) mass is 459 g/mol. The molecule has 2 aromatic carbocycles. The summed E-state index contributed by atoms with van der Waals surface area (Å²) in [6, 6.07) is 13.3. The number of benzene rings is 2. The molecular weight excluding hydrogens is 429 g/mol. The largest absolute Gasteiger partial charge is 0.340 e. The molecule has 6 nitrogen and oxygen atoms in total. The van der Waals surface area contributed by atoms with E-state index in [4.69, 9.17) is 0 Å². The van der Waals surface area contributed by atoms with Gasteiger partial charge in [-0.05, 0) is 55.2 Å². The van der Waals surface area contributed by atoms with Crippen LogP contribution in [0.1, 0.15) is 24.0 Å². The van der Waals surface area contributed by atoms with Crippen molar-refractivity contribution in [2.45, 2.75) is 31.2 Å². The number of carbonyl (C=O) groups is 1. The molecule has 0 aliphatic carbocycles. The molecule has 0 radical (unpaired) electrons. The highest BCUT2D eigenvalue weighted by atomic mass is 32.2. The van der Waals surface area contributed by atoms with Gasteiger partial charge in [-0.2, -0.15) is 4.31 Å². The third-order valence-corrected chi connectivity index (χ3v) is 8.51. The van der Waals surface area contributed by atoms with Crippen LogP contribution in [0.4, 0.5) is 4.39 Å². The molecule has 4 rings (SSSR count). The van der Waals surface area contributed by atoms with Crippen molar-refractivity contribution in [1.82, 2.24) is 14.1 Å². The molecule has 172 valence electrons. The summed E-state index contributed by atoms with van der Waals surface area (Å²) in [5, 5.41) is 0. The highest BCUT2D eigenvalue weighted by Gasteiger charge is 2.34. The number of aryl methyl sites for hydroxylation is 1. The van der Waals surface area contributed by atoms with E-state index >= 15 is 0 Å². The first-order chi connectivity index (χ1) is 15.3. The third kappa shape index (κ3) is 5.03. The van der Waals surface area contributed by atoms with Gasteiger partial charge in [0.2, 0.25) is 15.9 Å². The standard InChI is InChI=1S/C24H30FN3O3S/c1-19-4-2-3-5-21(19)18-26-14-16-27(17-15-26)24(29)20-10-12-28(13-11-20)32(30,31)23-8-6-22(25)7-9-23/h2-9,20H,10-18H2,1H3. The van der Waals surface area contributed by atoms with Gasteiger partial charge in [0.05, 0.1) is 4.90 Å². The molecule has 2 heterocycles. The first-order valence-electron chi connectivity index (χ1n) is 11.2. The molecule has 0 bridgehead atoms. The van der Waals surface area contributed by atoms with Gasteiger partial charge >= 0.3 is 0 Å². The fourth-order valence-electron chi connectivity index (χ4n) is 4.51. The van der Waals surface area contributed by atoms with E-state index in [1.807, 2.05) is 11.0 Å². The molecule has 2 fully saturated rings. The van der Waals surface area contributed by atoms with Gasteiger partial charge in [0.25, 0.3) is 0 Å². The van der Waals surface area contributed by atoms with E-state index < -0.39 is 15.8 Å². The molecule has 0 N–H and O–H groups in total. The van der Waals surface area contributed by atoms with Crippen LogP contribution in [0.3, 0.4) is 0 Å². The number of carbonyl (C=O) groups excluding carboxylic acids is 1. The van der Waals surface area contributed by atoms with Crippen LogP contribution in [0.2, 0.25) is 0 Å². The zero-order valence-corrected chi connectivity index (χ0v) is 19.2. The Balaban J connectivity index is 1.28. The number of hydrogen-bond acceptors (Lipinski definition) is 4. The maximum absolute atomic E-state index is 13.1. The minimum Gasteiger partial charge on any atom is -0.340 e. The van der Waals surface area contributed by atoms with Crippen molar-refractivity contribution in [3.05, 3.63) is 65.5 Å². The smallest absolute Gasteiger partial charge is 0.243 e. The molecule has 8 heteroatoms. The highest BCUT2D eigenvalue weighted by molar-refractivity contribution is 7.89. The summed E-state index contributed by atoms with van der Waals surface area (Å²) in [7, 11) is -3.66. The van der Waals surface area contributed by atoms with Gasteiger partial charge in [0.1, 0.15) is 5.82 Å². The Morgan fingerprint density at radius 2 is 1.56 bits per heavy atom. The van der Waals surface area contributed by atoms with E-state index in [1.54, 1.807) is 0 Å². The summed E-state index contributed by atoms with van der Waals surface area (Å²) in [5.41, 5.74) is 2.61. The predicted molar refractivity (Wildman–Crippen MR) is 121 cm³/mol. The Hall–Kier alpha value is -2.29. The second kappa shape index (κ2) is 9.68. The Kier molecular flexibility index (Phi) is 6.93. The normalized spacial score (nSPS) is 19.2. The zero-order valence-electron chi connectivity index (χ0n) is 18.4. The van der Waals surface area contributed by atoms with Gasteiger partial charge in [-0.25, -0.2) is 12.8 Å². The Labute approximate surface area is 189 Å². The van der Waals surface area contributed by atoms with Crippen LogP contribution < -0.4 is 0 Å². The van der Waals surface area contributed by atoms with Crippen molar-refractivity contribution in [3.63, 3.8) is 0 Å². The minimum atomic E-state index is -3.66. The first-order valence-corrected chi connectivity index (χ1v) is 12.6. The molecule has 0 saturated carbocycles. The number of sulfonamides is 1. The third-order valence-electron chi connectivity index (χ3n) is 6.59. The van der Waals surface area contributed by atoms with Crippen LogP contribution in [0.5, 0.6) is 0 Å². The Morgan fingerprint density at radius 3 is 2.19 bits per heavy atom. The van der Waals surface area contributed by atoms with Gasteiger partial charge in [0, 0.05) is 51.7 Å². The first kappa shape index (κ1) is 22.9. The number of nitrogens with zero attached hydrogens (tertiary/aromatic N) is 3. The number of piperidine rings is 1. The van der Waals surface area contributed by atoms with Crippen LogP contribution in [0.25, 0.3) is 0 Å². The van der Waals surface area contributed by atoms with Crippen LogP contribution in [-0.4, -0.2) is 67.7 Å². The molecule has 1 amide bonds. The zero-order chi connectivity index (χ0) is 22.7. The number of hydrogen-bond donors (Lipinski definition) is 0. The molecule has 2 aliphatic rings. The molecule has 2 aliphatic heterocycles. The van der Waals surface area contributed by atoms with Crippen molar-refractivity contribution in [1.29, 1.82) is 0 Å². The summed E-state index contributed by atoms with van der Waals surface area (Å²) in [6.07, 6.45) is 1.03. The molecule has 2 aromatic rings. The summed E-state index contributed by atoms with van der Waals surface area (Å²) in [6.45, 7) is 6.74. The predicted octanol–water partition coefficient (Wildman–Crippen LogP) is 2.88. The Bertz CT molecular complexity index is 1040. The average molecular weight is 460 g/mol. The van der Waals surface area contributed by atoms with E-state index in [0.717, 1.165) is 31.8 Å². The summed E-state index contributed by atoms with van der Waals surface area (Å²) < 4.78 is 40.1. The lowest BCUT2D eigenvalue weighted by Gasteiger charge is -2.38. The maximum atomic E-state index is 13.1. The number of rotatable bonds is 5. The quantitative estimate of drug-likeness (QED) is 0.690. The maximum Gasteiger partial charge on any atom is 0.243 e. The van der Waals surface area contributed by atoms with Crippen LogP contribution in [-0.2, 0) is 21.4 Å². The van der Waals surface area contributed by atoms with Gasteiger partial charge in [-0.1, -0.05) is 24.3 Å². The molecule has 0 unspecified atom stereocenters. The number of halogens is 1. The lowest BCUT2D eigenvalue weighted by atomic mass is 9.96. The van der Waals surface area contributed by atoms with Gasteiger partial charge < -0.3 is 4.90 Å². The van der Waals surface area contributed by atoms with Crippen molar-refractivity contribution < 1.29 is 17.6 Å². The van der Waals surface area contributed by atoms with Crippen molar-refractivity contribution >= 4 is 15.9 Å². The molecule has 32 heavy (non-hydrogen) atoms. The molecular formula is C24H30FN3O3S. The number of piperazine rings is 1. The summed E-state index contributed by atoms with van der Waals surface area (Å²) in [5.74, 6) is -0.468. The average Bonchev–Trinajstić information content (AvgIpc) is 2.81. The highest BCUT2D eigenvalue weighted by Crippen LogP contribution is 2.26. The fourth-order valence-corrected chi connectivity index (χ4v) is 5.98. The SMILES string of the molecule is Cc1ccccc1CN1CCN(C(=O)C2CCN(S(=O)(=O)c3ccc(F)cc3)CC2)CC1. The van der Waals surface area contributed by atoms with Gasteiger partial charge in [-0.15, -0.1) is 0 Å². The van der Waals surface area contributed by atoms with Crippen molar-refractivity contribution in [2.75, 3.05) is 39.3 Å². The molecule has 2 saturated heterocycles. The minimum absolute atomic E-state index is 0.0912. The lowest BCUT2D eigenvalue weighted by molar-refractivity contribution is -0.138. The summed E-state index contributed by atoms with van der Waals surface area (Å²) >= 11 is 0. The van der Waals surface area contributed by atoms with Gasteiger partial charge in [0.15, 0.2) is 0 Å². The van der Waals surface area contributed by atoms with Crippen molar-refractivity contribution in [2.24, 2.45) is 5.92 Å². The lowest BCUT2D eigenvalue weighted by Crippen LogP contribution is -2.51. The van der Waals surface area contributed by atoms with Crippen molar-refractivity contribution in [3.8, 4) is 0 Å². The Morgan fingerprint density at radius 1 is 0.938 bits per heavy atom. The fraction of sp³-hybridized carbons (Fsp3) is 0.458. The second-order valence-corrected chi connectivity index (χ2v) is 10.6. The van der Waals surface area contributed by atoms with E-state index in [1.165, 1.54) is 27.6 Å². The number of amides is 1. The van der Waals surface area contributed by atoms with E-state index in [2.05, 4.69) is 30.0 Å². The summed E-state index contributed by atoms with van der Waals surface area (Å²) in [4.78, 5) is 17.4. The molecule has 0 atom stereocenters. The van der Waals surface area contributed by atoms with E-state index in [-0.39, 0.29) is 16.7 Å². The van der Waals surface area contributed by atoms with Crippen LogP contribution in [0.15, 0.2) is 53.4 Å². The second-order valence-electron chi connectivity index (χ2n) is 8.66. The topological polar surface area (TPSA) is 60.9 Å². The van der Waals surface area contributed by atoms with E-state index in [0.29, 0.717) is 39.0 Å². The van der Waals surface area contributed by atoms with Crippen LogP contribution >= 0.6 is 0 Å². The molecule has 0 aromatic heterocycles. The molecule has 0 spiro atoms. The van der Waals surface area contributed by atoms with Crippen LogP contribution in [0, 0.1) is 18.7 Å².